The molecule has 2 heterocycles. The van der Waals surface area contributed by atoms with E-state index in [1.54, 1.807) is 0 Å². The zero-order chi connectivity index (χ0) is 12.3. The number of hydrogen-bond acceptors (Lipinski definition) is 5. The molecule has 0 unspecified atom stereocenters. The van der Waals surface area contributed by atoms with Gasteiger partial charge in [0.2, 0.25) is 0 Å². The number of hydrogen-bond donors (Lipinski definition) is 0. The fraction of sp³-hybridized carbons (Fsp3) is 0.100. The molecule has 6 nitrogen and oxygen atoms in total. The fourth-order valence-corrected chi connectivity index (χ4v) is 1.39. The van der Waals surface area contributed by atoms with Gasteiger partial charge in [-0.05, 0) is 0 Å². The van der Waals surface area contributed by atoms with Crippen molar-refractivity contribution in [2.45, 2.75) is 6.54 Å². The molecule has 17 heavy (non-hydrogen) atoms. The molecule has 7 heteroatoms. The SMILES string of the molecule is N#Cc1ncn(Cc2cnc(Cl)cn2)c1C#N. The van der Waals surface area contributed by atoms with E-state index in [-0.39, 0.29) is 11.4 Å². The summed E-state index contributed by atoms with van der Waals surface area (Å²) in [5.74, 6) is 0. The van der Waals surface area contributed by atoms with Crippen molar-refractivity contribution in [2.75, 3.05) is 0 Å². The molecule has 0 aliphatic carbocycles. The first-order chi connectivity index (χ1) is 8.24. The molecule has 2 rings (SSSR count). The van der Waals surface area contributed by atoms with Crippen molar-refractivity contribution in [3.8, 4) is 12.1 Å². The monoisotopic (exact) mass is 244 g/mol. The van der Waals surface area contributed by atoms with Crippen LogP contribution in [0.5, 0.6) is 0 Å². The lowest BCUT2D eigenvalue weighted by atomic mass is 10.3. The molecule has 82 valence electrons. The number of nitriles is 2. The lowest BCUT2D eigenvalue weighted by Gasteiger charge is -2.02. The summed E-state index contributed by atoms with van der Waals surface area (Å²) in [6.45, 7) is 0.321. The van der Waals surface area contributed by atoms with Crippen LogP contribution in [0.15, 0.2) is 18.7 Å². The second kappa shape index (κ2) is 4.60. The minimum absolute atomic E-state index is 0.106. The first-order valence-electron chi connectivity index (χ1n) is 4.56. The maximum Gasteiger partial charge on any atom is 0.176 e. The van der Waals surface area contributed by atoms with Gasteiger partial charge in [0.05, 0.1) is 31.0 Å². The Bertz CT molecular complexity index is 616. The van der Waals surface area contributed by atoms with Crippen LogP contribution in [0, 0.1) is 22.7 Å². The summed E-state index contributed by atoms with van der Waals surface area (Å²) < 4.78 is 1.54. The van der Waals surface area contributed by atoms with Gasteiger partial charge in [-0.2, -0.15) is 10.5 Å². The molecule has 0 bridgehead atoms. The molecular formula is C10H5ClN6. The first-order valence-corrected chi connectivity index (χ1v) is 4.94. The van der Waals surface area contributed by atoms with Crippen molar-refractivity contribution >= 4 is 11.6 Å². The van der Waals surface area contributed by atoms with Crippen LogP contribution in [0.25, 0.3) is 0 Å². The predicted molar refractivity (Wildman–Crippen MR) is 57.8 cm³/mol. The summed E-state index contributed by atoms with van der Waals surface area (Å²) in [6.07, 6.45) is 4.36. The van der Waals surface area contributed by atoms with Crippen LogP contribution in [0.2, 0.25) is 5.15 Å². The Morgan fingerprint density at radius 3 is 2.59 bits per heavy atom. The Hall–Kier alpha value is -2.44. The highest BCUT2D eigenvalue weighted by atomic mass is 35.5. The second-order valence-corrected chi connectivity index (χ2v) is 3.51. The molecule has 0 N–H and O–H groups in total. The van der Waals surface area contributed by atoms with E-state index >= 15 is 0 Å². The van der Waals surface area contributed by atoms with Crippen molar-refractivity contribution in [3.05, 3.63) is 41.0 Å². The molecule has 2 aromatic heterocycles. The van der Waals surface area contributed by atoms with Crippen molar-refractivity contribution in [2.24, 2.45) is 0 Å². The van der Waals surface area contributed by atoms with Crippen LogP contribution < -0.4 is 0 Å². The molecule has 0 atom stereocenters. The normalized spacial score (nSPS) is 9.59. The van der Waals surface area contributed by atoms with Crippen LogP contribution >= 0.6 is 11.6 Å². The number of halogens is 1. The van der Waals surface area contributed by atoms with E-state index in [0.29, 0.717) is 17.4 Å². The minimum Gasteiger partial charge on any atom is -0.315 e. The lowest BCUT2D eigenvalue weighted by Crippen LogP contribution is -2.03. The van der Waals surface area contributed by atoms with E-state index in [1.807, 2.05) is 12.1 Å². The Kier molecular flexibility index (Phi) is 2.99. The smallest absolute Gasteiger partial charge is 0.176 e. The van der Waals surface area contributed by atoms with E-state index in [9.17, 15) is 0 Å². The largest absolute Gasteiger partial charge is 0.315 e. The third-order valence-corrected chi connectivity index (χ3v) is 2.25. The van der Waals surface area contributed by atoms with Gasteiger partial charge in [-0.3, -0.25) is 4.98 Å². The Morgan fingerprint density at radius 2 is 2.00 bits per heavy atom. The van der Waals surface area contributed by atoms with Gasteiger partial charge < -0.3 is 4.57 Å². The maximum absolute atomic E-state index is 8.92. The van der Waals surface area contributed by atoms with Gasteiger partial charge in [0.15, 0.2) is 11.4 Å². The number of nitrogens with zero attached hydrogens (tertiary/aromatic N) is 6. The lowest BCUT2D eigenvalue weighted by molar-refractivity contribution is 0.757. The fourth-order valence-electron chi connectivity index (χ4n) is 1.30. The molecule has 0 spiro atoms. The molecular weight excluding hydrogens is 240 g/mol. The van der Waals surface area contributed by atoms with Crippen molar-refractivity contribution in [1.82, 2.24) is 19.5 Å². The van der Waals surface area contributed by atoms with Crippen LogP contribution in [0.4, 0.5) is 0 Å². The van der Waals surface area contributed by atoms with Crippen molar-refractivity contribution in [1.29, 1.82) is 10.5 Å². The number of rotatable bonds is 2. The predicted octanol–water partition coefficient (Wildman–Crippen LogP) is 1.12. The molecule has 0 aliphatic rings. The van der Waals surface area contributed by atoms with Gasteiger partial charge in [-0.1, -0.05) is 11.6 Å². The average Bonchev–Trinajstić information content (AvgIpc) is 2.74. The van der Waals surface area contributed by atoms with E-state index in [4.69, 9.17) is 22.1 Å². The van der Waals surface area contributed by atoms with Gasteiger partial charge in [0.1, 0.15) is 17.3 Å². The summed E-state index contributed by atoms with van der Waals surface area (Å²) in [6, 6.07) is 3.78. The highest BCUT2D eigenvalue weighted by molar-refractivity contribution is 6.29. The minimum atomic E-state index is 0.106. The summed E-state index contributed by atoms with van der Waals surface area (Å²) >= 11 is 5.61. The Balaban J connectivity index is 2.31. The van der Waals surface area contributed by atoms with Crippen LogP contribution in [0.3, 0.4) is 0 Å². The molecule has 0 saturated heterocycles. The van der Waals surface area contributed by atoms with Gasteiger partial charge in [0.25, 0.3) is 0 Å². The summed E-state index contributed by atoms with van der Waals surface area (Å²) in [5, 5.41) is 18.0. The van der Waals surface area contributed by atoms with E-state index in [1.165, 1.54) is 23.3 Å². The van der Waals surface area contributed by atoms with Gasteiger partial charge in [-0.15, -0.1) is 0 Å². The third-order valence-electron chi connectivity index (χ3n) is 2.06. The molecule has 0 radical (unpaired) electrons. The topological polar surface area (TPSA) is 91.2 Å². The Labute approximate surface area is 102 Å². The maximum atomic E-state index is 8.92. The van der Waals surface area contributed by atoms with E-state index in [0.717, 1.165) is 0 Å². The first kappa shape index (κ1) is 11.1. The van der Waals surface area contributed by atoms with Gasteiger partial charge >= 0.3 is 0 Å². The van der Waals surface area contributed by atoms with Crippen LogP contribution in [-0.2, 0) is 6.54 Å². The van der Waals surface area contributed by atoms with Crippen LogP contribution in [0.1, 0.15) is 17.1 Å². The molecule has 0 aromatic carbocycles. The average molecular weight is 245 g/mol. The summed E-state index contributed by atoms with van der Waals surface area (Å²) in [5.41, 5.74) is 0.950. The molecule has 0 amide bonds. The Morgan fingerprint density at radius 1 is 1.18 bits per heavy atom. The van der Waals surface area contributed by atoms with Crippen molar-refractivity contribution < 1.29 is 0 Å². The molecule has 2 aromatic rings. The molecule has 0 aliphatic heterocycles. The number of imidazole rings is 1. The van der Waals surface area contributed by atoms with Crippen LogP contribution in [-0.4, -0.2) is 19.5 Å². The molecule has 0 saturated carbocycles. The second-order valence-electron chi connectivity index (χ2n) is 3.12. The highest BCUT2D eigenvalue weighted by Crippen LogP contribution is 2.08. The third kappa shape index (κ3) is 2.22. The van der Waals surface area contributed by atoms with E-state index in [2.05, 4.69) is 15.0 Å². The van der Waals surface area contributed by atoms with Gasteiger partial charge in [-0.25, -0.2) is 9.97 Å². The number of aromatic nitrogens is 4. The zero-order valence-corrected chi connectivity index (χ0v) is 9.26. The van der Waals surface area contributed by atoms with Gasteiger partial charge in [0, 0.05) is 0 Å². The highest BCUT2D eigenvalue weighted by Gasteiger charge is 2.10. The summed E-state index contributed by atoms with van der Waals surface area (Å²) in [7, 11) is 0. The van der Waals surface area contributed by atoms with E-state index < -0.39 is 0 Å². The molecule has 0 fully saturated rings. The quantitative estimate of drug-likeness (QED) is 0.789. The zero-order valence-electron chi connectivity index (χ0n) is 8.50. The standard InChI is InChI=1S/C10H5ClN6/c11-10-4-14-7(3-15-10)5-17-6-16-8(1-12)9(17)2-13/h3-4,6H,5H2. The van der Waals surface area contributed by atoms with Crippen molar-refractivity contribution in [3.63, 3.8) is 0 Å². The summed E-state index contributed by atoms with van der Waals surface area (Å²) in [4.78, 5) is 11.8.